The van der Waals surface area contributed by atoms with Crippen LogP contribution in [-0.2, 0) is 16.1 Å². The van der Waals surface area contributed by atoms with Crippen LogP contribution < -0.4 is 20.9 Å². The zero-order valence-electron chi connectivity index (χ0n) is 17.5. The van der Waals surface area contributed by atoms with Gasteiger partial charge >= 0.3 is 0 Å². The maximum absolute atomic E-state index is 12.8. The number of ether oxygens (including phenoxy) is 2. The first-order valence-corrected chi connectivity index (χ1v) is 9.93. The second-order valence-corrected chi connectivity index (χ2v) is 7.40. The van der Waals surface area contributed by atoms with E-state index >= 15 is 0 Å². The minimum atomic E-state index is -0.578. The maximum Gasteiger partial charge on any atom is 0.263 e. The molecule has 1 unspecified atom stereocenters. The molecule has 0 saturated carbocycles. The Kier molecular flexibility index (Phi) is 6.89. The van der Waals surface area contributed by atoms with Gasteiger partial charge in [-0.05, 0) is 56.0 Å². The molecule has 1 aromatic carbocycles. The van der Waals surface area contributed by atoms with Gasteiger partial charge in [0.2, 0.25) is 5.91 Å². The van der Waals surface area contributed by atoms with Crippen molar-refractivity contribution in [2.45, 2.75) is 39.3 Å². The molecule has 2 aromatic rings. The molecule has 1 fully saturated rings. The minimum absolute atomic E-state index is 0.0172. The predicted molar refractivity (Wildman–Crippen MR) is 113 cm³/mol. The van der Waals surface area contributed by atoms with E-state index in [4.69, 9.17) is 9.47 Å². The van der Waals surface area contributed by atoms with Gasteiger partial charge in [0.15, 0.2) is 0 Å². The average Bonchev–Trinajstić information content (AvgIpc) is 3.22. The molecule has 8 heteroatoms. The van der Waals surface area contributed by atoms with Crippen molar-refractivity contribution in [2.75, 3.05) is 25.6 Å². The monoisotopic (exact) mass is 413 g/mol. The zero-order chi connectivity index (χ0) is 21.7. The van der Waals surface area contributed by atoms with Crippen molar-refractivity contribution in [1.82, 2.24) is 9.88 Å². The molecule has 2 amide bonds. The molecular formula is C22H27N3O5. The van der Waals surface area contributed by atoms with Gasteiger partial charge < -0.3 is 24.7 Å². The van der Waals surface area contributed by atoms with E-state index < -0.39 is 11.8 Å². The molecule has 2 N–H and O–H groups in total. The predicted octanol–water partition coefficient (Wildman–Crippen LogP) is 2.02. The van der Waals surface area contributed by atoms with Crippen LogP contribution in [0.15, 0.2) is 35.3 Å². The smallest absolute Gasteiger partial charge is 0.263 e. The third kappa shape index (κ3) is 5.07. The Balaban J connectivity index is 1.66. The number of pyridine rings is 1. The van der Waals surface area contributed by atoms with Gasteiger partial charge in [0.05, 0.1) is 32.0 Å². The number of nitrogens with one attached hydrogen (secondary N) is 2. The Labute approximate surface area is 175 Å². The van der Waals surface area contributed by atoms with Gasteiger partial charge in [0, 0.05) is 12.8 Å². The lowest BCUT2D eigenvalue weighted by Crippen LogP contribution is -2.38. The number of anilines is 1. The van der Waals surface area contributed by atoms with E-state index in [-0.39, 0.29) is 23.8 Å². The van der Waals surface area contributed by atoms with Gasteiger partial charge in [-0.3, -0.25) is 14.4 Å². The van der Waals surface area contributed by atoms with Gasteiger partial charge in [0.1, 0.15) is 11.3 Å². The molecule has 0 radical (unpaired) electrons. The number of hydrogen-bond acceptors (Lipinski definition) is 5. The van der Waals surface area contributed by atoms with Crippen LogP contribution in [0, 0.1) is 13.8 Å². The molecular weight excluding hydrogens is 386 g/mol. The maximum atomic E-state index is 12.8. The molecule has 0 aliphatic carbocycles. The van der Waals surface area contributed by atoms with E-state index in [1.807, 2.05) is 13.0 Å². The van der Waals surface area contributed by atoms with Crippen molar-refractivity contribution in [3.8, 4) is 5.75 Å². The summed E-state index contributed by atoms with van der Waals surface area (Å²) >= 11 is 0. The van der Waals surface area contributed by atoms with Crippen LogP contribution >= 0.6 is 0 Å². The molecule has 0 spiro atoms. The van der Waals surface area contributed by atoms with Gasteiger partial charge in [-0.25, -0.2) is 0 Å². The van der Waals surface area contributed by atoms with Crippen LogP contribution in [-0.4, -0.2) is 42.7 Å². The fraction of sp³-hybridized carbons (Fsp3) is 0.409. The molecule has 3 rings (SSSR count). The lowest BCUT2D eigenvalue weighted by molar-refractivity contribution is -0.115. The van der Waals surface area contributed by atoms with Crippen molar-refractivity contribution in [2.24, 2.45) is 0 Å². The first-order valence-electron chi connectivity index (χ1n) is 9.93. The van der Waals surface area contributed by atoms with E-state index in [2.05, 4.69) is 10.6 Å². The Hall–Kier alpha value is -3.13. The van der Waals surface area contributed by atoms with Crippen LogP contribution in [0.2, 0.25) is 0 Å². The molecule has 1 saturated heterocycles. The summed E-state index contributed by atoms with van der Waals surface area (Å²) in [5, 5.41) is 5.26. The third-order valence-corrected chi connectivity index (χ3v) is 5.06. The zero-order valence-corrected chi connectivity index (χ0v) is 17.5. The Morgan fingerprint density at radius 3 is 2.77 bits per heavy atom. The summed E-state index contributed by atoms with van der Waals surface area (Å²) in [6.45, 7) is 4.43. The highest BCUT2D eigenvalue weighted by atomic mass is 16.5. The molecule has 2 heterocycles. The van der Waals surface area contributed by atoms with Crippen molar-refractivity contribution in [3.05, 3.63) is 57.5 Å². The Bertz CT molecular complexity index is 993. The standard InChI is InChI=1S/C22H27N3O5/c1-14-6-7-18(29-3)17(11-14)24-19(26)12-23-21(27)20-15(2)8-9-25(22(20)28)13-16-5-4-10-30-16/h6-9,11,16H,4-5,10,12-13H2,1-3H3,(H,23,27)(H,24,26). The molecule has 1 aromatic heterocycles. The highest BCUT2D eigenvalue weighted by Gasteiger charge is 2.20. The fourth-order valence-corrected chi connectivity index (χ4v) is 3.46. The summed E-state index contributed by atoms with van der Waals surface area (Å²) < 4.78 is 12.3. The van der Waals surface area contributed by atoms with Crippen LogP contribution in [0.4, 0.5) is 5.69 Å². The summed E-state index contributed by atoms with van der Waals surface area (Å²) in [6, 6.07) is 7.13. The number of carbonyl (C=O) groups is 2. The summed E-state index contributed by atoms with van der Waals surface area (Å²) in [5.41, 5.74) is 1.69. The number of hydrogen-bond donors (Lipinski definition) is 2. The number of amides is 2. The van der Waals surface area contributed by atoms with Crippen LogP contribution in [0.1, 0.15) is 34.3 Å². The molecule has 8 nitrogen and oxygen atoms in total. The number of aryl methyl sites for hydroxylation is 2. The first kappa shape index (κ1) is 21.6. The lowest BCUT2D eigenvalue weighted by Gasteiger charge is -2.14. The second kappa shape index (κ2) is 9.58. The number of benzene rings is 1. The summed E-state index contributed by atoms with van der Waals surface area (Å²) in [6.07, 6.45) is 3.52. The normalized spacial score (nSPS) is 15.6. The van der Waals surface area contributed by atoms with Gasteiger partial charge in [-0.15, -0.1) is 0 Å². The van der Waals surface area contributed by atoms with Gasteiger partial charge in [0.25, 0.3) is 11.5 Å². The fourth-order valence-electron chi connectivity index (χ4n) is 3.46. The van der Waals surface area contributed by atoms with Crippen molar-refractivity contribution >= 4 is 17.5 Å². The van der Waals surface area contributed by atoms with E-state index in [0.29, 0.717) is 30.2 Å². The van der Waals surface area contributed by atoms with Crippen molar-refractivity contribution in [1.29, 1.82) is 0 Å². The number of carbonyl (C=O) groups excluding carboxylic acids is 2. The van der Waals surface area contributed by atoms with Crippen LogP contribution in [0.3, 0.4) is 0 Å². The van der Waals surface area contributed by atoms with Crippen LogP contribution in [0.5, 0.6) is 5.75 Å². The van der Waals surface area contributed by atoms with Crippen molar-refractivity contribution < 1.29 is 19.1 Å². The highest BCUT2D eigenvalue weighted by molar-refractivity contribution is 6.00. The summed E-state index contributed by atoms with van der Waals surface area (Å²) in [7, 11) is 1.52. The Morgan fingerprint density at radius 2 is 2.07 bits per heavy atom. The second-order valence-electron chi connectivity index (χ2n) is 7.40. The summed E-state index contributed by atoms with van der Waals surface area (Å²) in [5.74, 6) is -0.470. The minimum Gasteiger partial charge on any atom is -0.495 e. The van der Waals surface area contributed by atoms with E-state index in [1.165, 1.54) is 11.7 Å². The van der Waals surface area contributed by atoms with Crippen molar-refractivity contribution in [3.63, 3.8) is 0 Å². The average molecular weight is 413 g/mol. The lowest BCUT2D eigenvalue weighted by atomic mass is 10.1. The van der Waals surface area contributed by atoms with Gasteiger partial charge in [-0.2, -0.15) is 0 Å². The van der Waals surface area contributed by atoms with E-state index in [9.17, 15) is 14.4 Å². The summed E-state index contributed by atoms with van der Waals surface area (Å²) in [4.78, 5) is 37.8. The molecule has 1 aliphatic rings. The molecule has 160 valence electrons. The number of methoxy groups -OCH3 is 1. The van der Waals surface area contributed by atoms with Crippen LogP contribution in [0.25, 0.3) is 0 Å². The highest BCUT2D eigenvalue weighted by Crippen LogP contribution is 2.24. The Morgan fingerprint density at radius 1 is 1.27 bits per heavy atom. The van der Waals surface area contributed by atoms with Gasteiger partial charge in [-0.1, -0.05) is 6.07 Å². The first-order chi connectivity index (χ1) is 14.4. The quantitative estimate of drug-likeness (QED) is 0.724. The van der Waals surface area contributed by atoms with E-state index in [0.717, 1.165) is 18.4 Å². The third-order valence-electron chi connectivity index (χ3n) is 5.06. The molecule has 1 aliphatic heterocycles. The molecule has 0 bridgehead atoms. The van der Waals surface area contributed by atoms with E-state index in [1.54, 1.807) is 31.3 Å². The number of nitrogens with zero attached hydrogens (tertiary/aromatic N) is 1. The topological polar surface area (TPSA) is 98.7 Å². The SMILES string of the molecule is COc1ccc(C)cc1NC(=O)CNC(=O)c1c(C)ccn(CC2CCCO2)c1=O. The number of rotatable bonds is 7. The largest absolute Gasteiger partial charge is 0.495 e. The molecule has 30 heavy (non-hydrogen) atoms. The number of aromatic nitrogens is 1. The molecule has 1 atom stereocenters.